The Morgan fingerprint density at radius 3 is 2.82 bits per heavy atom. The van der Waals surface area contributed by atoms with Crippen molar-refractivity contribution in [2.75, 3.05) is 12.9 Å². The molecule has 0 radical (unpaired) electrons. The second kappa shape index (κ2) is 9.27. The number of carbonyl (C=O) groups is 1. The first-order valence-corrected chi connectivity index (χ1v) is 12.1. The van der Waals surface area contributed by atoms with E-state index in [1.165, 1.54) is 40.2 Å². The monoisotopic (exact) mass is 494 g/mol. The zero-order chi connectivity index (χ0) is 23.7. The maximum absolute atomic E-state index is 13.2. The highest BCUT2D eigenvalue weighted by atomic mass is 32.2. The Kier molecular flexibility index (Phi) is 6.03. The predicted molar refractivity (Wildman–Crippen MR) is 129 cm³/mol. The molecule has 3 heterocycles. The molecule has 34 heavy (non-hydrogen) atoms. The molecule has 9 nitrogen and oxygen atoms in total. The van der Waals surface area contributed by atoms with Crippen LogP contribution in [0.3, 0.4) is 0 Å². The molecule has 11 heteroatoms. The fourth-order valence-electron chi connectivity index (χ4n) is 3.66. The fraction of sp³-hybridized carbons (Fsp3) is 0.174. The number of nitrogens with zero attached hydrogens (tertiary/aromatic N) is 4. The van der Waals surface area contributed by atoms with Gasteiger partial charge < -0.3 is 9.15 Å². The van der Waals surface area contributed by atoms with E-state index >= 15 is 0 Å². The molecular formula is C23H18N4O5S2. The first kappa shape index (κ1) is 22.1. The Morgan fingerprint density at radius 2 is 2.12 bits per heavy atom. The van der Waals surface area contributed by atoms with Crippen LogP contribution in [0.5, 0.6) is 5.75 Å². The van der Waals surface area contributed by atoms with Crippen LogP contribution in [0.1, 0.15) is 23.8 Å². The summed E-state index contributed by atoms with van der Waals surface area (Å²) in [5.74, 6) is 1.35. The SMILES string of the molecule is COc1ccc(C2=NN(C(=O)CSc3nc4ccc([N+](=O)[O-])cc4s3)C(c3ccco3)C2)cc1. The zero-order valence-corrected chi connectivity index (χ0v) is 19.5. The summed E-state index contributed by atoms with van der Waals surface area (Å²) in [4.78, 5) is 28.2. The summed E-state index contributed by atoms with van der Waals surface area (Å²) in [5.41, 5.74) is 2.38. The van der Waals surface area contributed by atoms with Crippen molar-refractivity contribution in [3.63, 3.8) is 0 Å². The second-order valence-corrected chi connectivity index (χ2v) is 9.68. The maximum atomic E-state index is 13.2. The molecule has 0 fully saturated rings. The van der Waals surface area contributed by atoms with Crippen molar-refractivity contribution < 1.29 is 18.9 Å². The molecule has 1 aliphatic heterocycles. The number of ether oxygens (including phenoxy) is 1. The van der Waals surface area contributed by atoms with Gasteiger partial charge in [-0.3, -0.25) is 14.9 Å². The summed E-state index contributed by atoms with van der Waals surface area (Å²) in [6.07, 6.45) is 2.11. The zero-order valence-electron chi connectivity index (χ0n) is 17.9. The molecule has 0 saturated carbocycles. The number of thioether (sulfide) groups is 1. The van der Waals surface area contributed by atoms with Gasteiger partial charge in [0.15, 0.2) is 4.34 Å². The van der Waals surface area contributed by atoms with Crippen molar-refractivity contribution in [1.29, 1.82) is 0 Å². The topological polar surface area (TPSA) is 111 Å². The summed E-state index contributed by atoms with van der Waals surface area (Å²) >= 11 is 2.61. The van der Waals surface area contributed by atoms with Crippen molar-refractivity contribution >= 4 is 50.6 Å². The van der Waals surface area contributed by atoms with Gasteiger partial charge in [-0.1, -0.05) is 11.8 Å². The number of hydrogen-bond donors (Lipinski definition) is 0. The van der Waals surface area contributed by atoms with Gasteiger partial charge in [0.25, 0.3) is 11.6 Å². The van der Waals surface area contributed by atoms with Crippen molar-refractivity contribution in [3.05, 3.63) is 82.3 Å². The maximum Gasteiger partial charge on any atom is 0.270 e. The van der Waals surface area contributed by atoms with Gasteiger partial charge in [0, 0.05) is 18.6 Å². The van der Waals surface area contributed by atoms with E-state index in [4.69, 9.17) is 9.15 Å². The predicted octanol–water partition coefficient (Wildman–Crippen LogP) is 5.28. The van der Waals surface area contributed by atoms with E-state index in [2.05, 4.69) is 10.1 Å². The van der Waals surface area contributed by atoms with Crippen LogP contribution in [0.25, 0.3) is 10.2 Å². The number of aromatic nitrogens is 1. The fourth-order valence-corrected chi connectivity index (χ4v) is 5.61. The van der Waals surface area contributed by atoms with E-state index in [-0.39, 0.29) is 23.4 Å². The Balaban J connectivity index is 1.35. The average molecular weight is 495 g/mol. The molecule has 5 rings (SSSR count). The number of hydrazone groups is 1. The number of rotatable bonds is 7. The van der Waals surface area contributed by atoms with E-state index in [1.54, 1.807) is 25.5 Å². The van der Waals surface area contributed by atoms with Crippen LogP contribution in [0.15, 0.2) is 74.7 Å². The Labute approximate surface area is 202 Å². The van der Waals surface area contributed by atoms with Crippen LogP contribution in [0, 0.1) is 10.1 Å². The summed E-state index contributed by atoms with van der Waals surface area (Å²) in [6.45, 7) is 0. The first-order chi connectivity index (χ1) is 16.5. The smallest absolute Gasteiger partial charge is 0.270 e. The molecule has 1 amide bonds. The Bertz CT molecular complexity index is 1380. The third kappa shape index (κ3) is 4.39. The minimum absolute atomic E-state index is 0.0162. The van der Waals surface area contributed by atoms with Crippen molar-refractivity contribution in [3.8, 4) is 5.75 Å². The third-order valence-corrected chi connectivity index (χ3v) is 7.49. The van der Waals surface area contributed by atoms with Crippen molar-refractivity contribution in [2.45, 2.75) is 16.8 Å². The molecule has 4 aromatic rings. The molecule has 1 aliphatic rings. The van der Waals surface area contributed by atoms with Crippen LogP contribution in [-0.4, -0.2) is 39.4 Å². The average Bonchev–Trinajstić information content (AvgIpc) is 3.61. The lowest BCUT2D eigenvalue weighted by molar-refractivity contribution is -0.384. The molecular weight excluding hydrogens is 476 g/mol. The van der Waals surface area contributed by atoms with Gasteiger partial charge in [-0.2, -0.15) is 5.10 Å². The first-order valence-electron chi connectivity index (χ1n) is 10.3. The number of fused-ring (bicyclic) bond motifs is 1. The number of hydrogen-bond acceptors (Lipinski definition) is 9. The standard InChI is InChI=1S/C23H18N4O5S2/c1-31-16-7-4-14(5-8-16)18-12-19(20-3-2-10-32-20)26(25-18)22(28)13-33-23-24-17-9-6-15(27(29)30)11-21(17)34-23/h2-11,19H,12-13H2,1H3. The number of benzene rings is 2. The lowest BCUT2D eigenvalue weighted by Crippen LogP contribution is -2.28. The number of non-ortho nitro benzene ring substituents is 1. The Morgan fingerprint density at radius 1 is 1.29 bits per heavy atom. The van der Waals surface area contributed by atoms with Gasteiger partial charge in [0.1, 0.15) is 17.6 Å². The largest absolute Gasteiger partial charge is 0.497 e. The number of methoxy groups -OCH3 is 1. The molecule has 1 atom stereocenters. The van der Waals surface area contributed by atoms with E-state index in [0.29, 0.717) is 26.7 Å². The van der Waals surface area contributed by atoms with Crippen LogP contribution in [-0.2, 0) is 4.79 Å². The summed E-state index contributed by atoms with van der Waals surface area (Å²) in [6, 6.07) is 15.4. The normalized spacial score (nSPS) is 15.5. The minimum Gasteiger partial charge on any atom is -0.497 e. The molecule has 2 aromatic carbocycles. The molecule has 0 saturated heterocycles. The molecule has 2 aromatic heterocycles. The highest BCUT2D eigenvalue weighted by Gasteiger charge is 2.34. The minimum atomic E-state index is -0.434. The van der Waals surface area contributed by atoms with Gasteiger partial charge in [-0.05, 0) is 48.0 Å². The summed E-state index contributed by atoms with van der Waals surface area (Å²) < 4.78 is 12.2. The third-order valence-electron chi connectivity index (χ3n) is 5.34. The highest BCUT2D eigenvalue weighted by molar-refractivity contribution is 8.01. The molecule has 0 aliphatic carbocycles. The van der Waals surface area contributed by atoms with Gasteiger partial charge in [-0.25, -0.2) is 9.99 Å². The quantitative estimate of drug-likeness (QED) is 0.195. The number of amides is 1. The van der Waals surface area contributed by atoms with E-state index in [9.17, 15) is 14.9 Å². The van der Waals surface area contributed by atoms with E-state index in [1.807, 2.05) is 30.3 Å². The van der Waals surface area contributed by atoms with Crippen LogP contribution in [0.2, 0.25) is 0 Å². The molecule has 172 valence electrons. The number of furan rings is 1. The Hall–Kier alpha value is -3.70. The van der Waals surface area contributed by atoms with Crippen LogP contribution >= 0.6 is 23.1 Å². The lowest BCUT2D eigenvalue weighted by Gasteiger charge is -2.19. The van der Waals surface area contributed by atoms with Crippen LogP contribution < -0.4 is 4.74 Å². The number of nitro benzene ring substituents is 1. The molecule has 0 bridgehead atoms. The van der Waals surface area contributed by atoms with Crippen molar-refractivity contribution in [1.82, 2.24) is 9.99 Å². The van der Waals surface area contributed by atoms with Gasteiger partial charge in [0.2, 0.25) is 0 Å². The molecule has 0 N–H and O–H groups in total. The number of nitro groups is 1. The van der Waals surface area contributed by atoms with Gasteiger partial charge in [0.05, 0.1) is 40.0 Å². The molecule has 1 unspecified atom stereocenters. The van der Waals surface area contributed by atoms with E-state index in [0.717, 1.165) is 17.0 Å². The summed E-state index contributed by atoms with van der Waals surface area (Å²) in [5, 5.41) is 17.1. The van der Waals surface area contributed by atoms with Crippen LogP contribution in [0.4, 0.5) is 5.69 Å². The number of thiazole rings is 1. The second-order valence-electron chi connectivity index (χ2n) is 7.43. The van der Waals surface area contributed by atoms with Gasteiger partial charge >= 0.3 is 0 Å². The lowest BCUT2D eigenvalue weighted by atomic mass is 10.0. The van der Waals surface area contributed by atoms with Crippen molar-refractivity contribution in [2.24, 2.45) is 5.10 Å². The van der Waals surface area contributed by atoms with Gasteiger partial charge in [-0.15, -0.1) is 11.3 Å². The van der Waals surface area contributed by atoms with E-state index < -0.39 is 4.92 Å². The molecule has 0 spiro atoms. The number of carbonyl (C=O) groups excluding carboxylic acids is 1. The highest BCUT2D eigenvalue weighted by Crippen LogP contribution is 2.36. The summed E-state index contributed by atoms with van der Waals surface area (Å²) in [7, 11) is 1.61.